The van der Waals surface area contributed by atoms with Crippen LogP contribution in [0.3, 0.4) is 0 Å². The Bertz CT molecular complexity index is 664. The second-order valence-corrected chi connectivity index (χ2v) is 3.68. The minimum atomic E-state index is -5.82. The predicted molar refractivity (Wildman–Crippen MR) is 54.7 cm³/mol. The van der Waals surface area contributed by atoms with Crippen molar-refractivity contribution >= 4 is 17.2 Å². The van der Waals surface area contributed by atoms with Gasteiger partial charge in [-0.15, -0.1) is 0 Å². The molecule has 0 saturated heterocycles. The Morgan fingerprint density at radius 1 is 1.25 bits per heavy atom. The summed E-state index contributed by atoms with van der Waals surface area (Å²) in [5.74, 6) is -7.27. The molecule has 1 aromatic heterocycles. The number of carboxylic acid groups (broad SMARTS) is 1. The van der Waals surface area contributed by atoms with Crippen molar-refractivity contribution in [1.82, 2.24) is 9.97 Å². The van der Waals surface area contributed by atoms with Crippen LogP contribution in [0, 0.1) is 0 Å². The standard InChI is InChI=1S/C10H5F5N2O3/c11-9(12,10(13,14)15)7-16-4-2-1-3-5(6(4)17-7)20-8(18)19/h1-3H,(H,16,17)(H,18,19). The third-order valence-electron chi connectivity index (χ3n) is 2.33. The largest absolute Gasteiger partial charge is 0.511 e. The predicted octanol–water partition coefficient (Wildman–Crippen LogP) is 3.27. The molecule has 0 atom stereocenters. The summed E-state index contributed by atoms with van der Waals surface area (Å²) in [6.45, 7) is 0. The number of para-hydroxylation sites is 1. The summed E-state index contributed by atoms with van der Waals surface area (Å²) in [6.07, 6.45) is -7.57. The van der Waals surface area contributed by atoms with Crippen molar-refractivity contribution in [2.45, 2.75) is 12.1 Å². The summed E-state index contributed by atoms with van der Waals surface area (Å²) < 4.78 is 67.2. The van der Waals surface area contributed by atoms with Crippen LogP contribution in [0.25, 0.3) is 11.0 Å². The van der Waals surface area contributed by atoms with Gasteiger partial charge in [-0.3, -0.25) is 0 Å². The lowest BCUT2D eigenvalue weighted by Crippen LogP contribution is -2.34. The fourth-order valence-corrected chi connectivity index (χ4v) is 1.47. The molecule has 0 unspecified atom stereocenters. The highest BCUT2D eigenvalue weighted by molar-refractivity contribution is 5.83. The highest BCUT2D eigenvalue weighted by Crippen LogP contribution is 2.43. The molecule has 108 valence electrons. The van der Waals surface area contributed by atoms with Crippen molar-refractivity contribution in [3.05, 3.63) is 24.0 Å². The van der Waals surface area contributed by atoms with Gasteiger partial charge in [0.2, 0.25) is 0 Å². The number of hydrogen-bond donors (Lipinski definition) is 2. The van der Waals surface area contributed by atoms with Crippen molar-refractivity contribution < 1.29 is 36.6 Å². The van der Waals surface area contributed by atoms with Crippen LogP contribution in [0.2, 0.25) is 0 Å². The zero-order valence-corrected chi connectivity index (χ0v) is 9.33. The first-order chi connectivity index (χ1) is 9.13. The summed E-state index contributed by atoms with van der Waals surface area (Å²) in [4.78, 5) is 15.3. The van der Waals surface area contributed by atoms with Gasteiger partial charge in [-0.2, -0.15) is 22.0 Å². The van der Waals surface area contributed by atoms with Crippen molar-refractivity contribution in [2.75, 3.05) is 0 Å². The minimum Gasteiger partial charge on any atom is -0.449 e. The molecule has 1 aromatic carbocycles. The molecule has 1 heterocycles. The smallest absolute Gasteiger partial charge is 0.449 e. The highest BCUT2D eigenvalue weighted by atomic mass is 19.4. The Morgan fingerprint density at radius 2 is 1.90 bits per heavy atom. The van der Waals surface area contributed by atoms with Gasteiger partial charge >= 0.3 is 18.3 Å². The SMILES string of the molecule is O=C(O)Oc1cccc2[nH]c(C(F)(F)C(F)(F)F)nc12. The first-order valence-electron chi connectivity index (χ1n) is 4.97. The van der Waals surface area contributed by atoms with Crippen LogP contribution >= 0.6 is 0 Å². The average Bonchev–Trinajstić information content (AvgIpc) is 2.72. The molecular formula is C10H5F5N2O3. The van der Waals surface area contributed by atoms with Crippen molar-refractivity contribution in [3.8, 4) is 5.75 Å². The van der Waals surface area contributed by atoms with Gasteiger partial charge in [-0.25, -0.2) is 9.78 Å². The molecule has 2 N–H and O–H groups in total. The van der Waals surface area contributed by atoms with E-state index < -0.39 is 35.3 Å². The third kappa shape index (κ3) is 2.24. The van der Waals surface area contributed by atoms with Gasteiger partial charge in [0.1, 0.15) is 5.52 Å². The van der Waals surface area contributed by atoms with E-state index in [1.165, 1.54) is 6.07 Å². The Labute approximate surface area is 107 Å². The maximum atomic E-state index is 13.1. The van der Waals surface area contributed by atoms with Crippen molar-refractivity contribution in [2.24, 2.45) is 0 Å². The normalized spacial score (nSPS) is 12.7. The van der Waals surface area contributed by atoms with E-state index >= 15 is 0 Å². The monoisotopic (exact) mass is 296 g/mol. The van der Waals surface area contributed by atoms with E-state index in [1.807, 2.05) is 0 Å². The van der Waals surface area contributed by atoms with E-state index in [-0.39, 0.29) is 5.52 Å². The molecule has 10 heteroatoms. The molecule has 0 aliphatic carbocycles. The van der Waals surface area contributed by atoms with Crippen LogP contribution in [0.4, 0.5) is 26.7 Å². The quantitative estimate of drug-likeness (QED) is 0.506. The number of H-pyrrole nitrogens is 1. The number of fused-ring (bicyclic) bond motifs is 1. The second-order valence-electron chi connectivity index (χ2n) is 3.68. The number of hydrogen-bond acceptors (Lipinski definition) is 3. The summed E-state index contributed by atoms with van der Waals surface area (Å²) in [5, 5.41) is 8.43. The molecule has 2 rings (SSSR count). The molecule has 0 amide bonds. The number of benzene rings is 1. The number of carbonyl (C=O) groups is 1. The number of halogens is 5. The van der Waals surface area contributed by atoms with Crippen LogP contribution in [0.5, 0.6) is 5.75 Å². The number of imidazole rings is 1. The summed E-state index contributed by atoms with van der Waals surface area (Å²) in [7, 11) is 0. The van der Waals surface area contributed by atoms with Gasteiger partial charge in [-0.05, 0) is 12.1 Å². The van der Waals surface area contributed by atoms with Gasteiger partial charge < -0.3 is 14.8 Å². The third-order valence-corrected chi connectivity index (χ3v) is 2.33. The summed E-state index contributed by atoms with van der Waals surface area (Å²) in [5.41, 5.74) is -0.642. The van der Waals surface area contributed by atoms with E-state index in [9.17, 15) is 26.7 Å². The van der Waals surface area contributed by atoms with E-state index in [2.05, 4.69) is 9.72 Å². The highest BCUT2D eigenvalue weighted by Gasteiger charge is 2.61. The molecule has 2 aromatic rings. The lowest BCUT2D eigenvalue weighted by molar-refractivity contribution is -0.292. The maximum absolute atomic E-state index is 13.1. The molecule has 5 nitrogen and oxygen atoms in total. The van der Waals surface area contributed by atoms with Gasteiger partial charge in [0.05, 0.1) is 5.52 Å². The number of aromatic nitrogens is 2. The Morgan fingerprint density at radius 3 is 2.45 bits per heavy atom. The van der Waals surface area contributed by atoms with Crippen LogP contribution in [-0.4, -0.2) is 27.4 Å². The molecule has 0 fully saturated rings. The van der Waals surface area contributed by atoms with Gasteiger partial charge in [0, 0.05) is 0 Å². The Hall–Kier alpha value is -2.39. The number of rotatable bonds is 2. The minimum absolute atomic E-state index is 0.206. The molecule has 0 spiro atoms. The molecule has 0 aliphatic rings. The number of nitrogens with one attached hydrogen (secondary N) is 1. The van der Waals surface area contributed by atoms with Crippen LogP contribution < -0.4 is 4.74 Å². The fourth-order valence-electron chi connectivity index (χ4n) is 1.47. The van der Waals surface area contributed by atoms with Crippen LogP contribution in [0.15, 0.2) is 18.2 Å². The molecule has 20 heavy (non-hydrogen) atoms. The molecule has 0 bridgehead atoms. The number of alkyl halides is 5. The van der Waals surface area contributed by atoms with E-state index in [0.29, 0.717) is 0 Å². The number of aromatic amines is 1. The van der Waals surface area contributed by atoms with Gasteiger partial charge in [-0.1, -0.05) is 6.07 Å². The fraction of sp³-hybridized carbons (Fsp3) is 0.200. The summed E-state index contributed by atoms with van der Waals surface area (Å²) in [6, 6.07) is 3.45. The van der Waals surface area contributed by atoms with Crippen molar-refractivity contribution in [1.29, 1.82) is 0 Å². The van der Waals surface area contributed by atoms with Gasteiger partial charge in [0.15, 0.2) is 11.6 Å². The van der Waals surface area contributed by atoms with E-state index in [1.54, 1.807) is 4.98 Å². The second kappa shape index (κ2) is 4.32. The number of ether oxygens (including phenoxy) is 1. The molecule has 0 radical (unpaired) electrons. The Balaban J connectivity index is 2.57. The first kappa shape index (κ1) is 14.0. The van der Waals surface area contributed by atoms with E-state index in [0.717, 1.165) is 12.1 Å². The average molecular weight is 296 g/mol. The van der Waals surface area contributed by atoms with Crippen molar-refractivity contribution in [3.63, 3.8) is 0 Å². The first-order valence-corrected chi connectivity index (χ1v) is 4.97. The lowest BCUT2D eigenvalue weighted by atomic mass is 10.3. The molecule has 0 saturated carbocycles. The Kier molecular flexibility index (Phi) is 3.03. The molecular weight excluding hydrogens is 291 g/mol. The van der Waals surface area contributed by atoms with Gasteiger partial charge in [0.25, 0.3) is 0 Å². The maximum Gasteiger partial charge on any atom is 0.511 e. The molecule has 0 aliphatic heterocycles. The zero-order chi connectivity index (χ0) is 15.1. The number of nitrogens with zero attached hydrogens (tertiary/aromatic N) is 1. The lowest BCUT2D eigenvalue weighted by Gasteiger charge is -2.16. The summed E-state index contributed by atoms with van der Waals surface area (Å²) >= 11 is 0. The van der Waals surface area contributed by atoms with Crippen LogP contribution in [-0.2, 0) is 5.92 Å². The topological polar surface area (TPSA) is 75.2 Å². The zero-order valence-electron chi connectivity index (χ0n) is 9.33. The van der Waals surface area contributed by atoms with E-state index in [4.69, 9.17) is 5.11 Å². The van der Waals surface area contributed by atoms with Crippen LogP contribution in [0.1, 0.15) is 5.82 Å².